The number of aryl methyl sites for hydroxylation is 4. The summed E-state index contributed by atoms with van der Waals surface area (Å²) in [6.45, 7) is 10.6. The Labute approximate surface area is 186 Å². The lowest BCUT2D eigenvalue weighted by Gasteiger charge is -2.27. The van der Waals surface area contributed by atoms with E-state index in [1.807, 2.05) is 6.07 Å². The van der Waals surface area contributed by atoms with Crippen LogP contribution in [0.4, 0.5) is 0 Å². The van der Waals surface area contributed by atoms with Crippen molar-refractivity contribution in [1.29, 1.82) is 0 Å². The molecule has 2 aromatic carbocycles. The van der Waals surface area contributed by atoms with E-state index in [2.05, 4.69) is 75.5 Å². The second-order valence-electron chi connectivity index (χ2n) is 8.48. The van der Waals surface area contributed by atoms with E-state index >= 15 is 0 Å². The van der Waals surface area contributed by atoms with Gasteiger partial charge in [0.25, 0.3) is 0 Å². The van der Waals surface area contributed by atoms with Gasteiger partial charge in [0.1, 0.15) is 5.75 Å². The maximum atomic E-state index is 5.80. The number of aromatic nitrogens is 1. The molecule has 1 aliphatic rings. The lowest BCUT2D eigenvalue weighted by atomic mass is 9.92. The van der Waals surface area contributed by atoms with Crippen LogP contribution in [0.2, 0.25) is 0 Å². The van der Waals surface area contributed by atoms with Gasteiger partial charge in [-0.25, -0.2) is 0 Å². The van der Waals surface area contributed by atoms with Gasteiger partial charge in [-0.2, -0.15) is 0 Å². The molecule has 1 unspecified atom stereocenters. The molecule has 3 heteroatoms. The summed E-state index contributed by atoms with van der Waals surface area (Å²) < 4.78 is 5.80. The summed E-state index contributed by atoms with van der Waals surface area (Å²) in [7, 11) is 0. The summed E-state index contributed by atoms with van der Waals surface area (Å²) in [5.74, 6) is 1.02. The average molecular weight is 415 g/mol. The molecule has 1 aromatic heterocycles. The number of nitrogens with zero attached hydrogens (tertiary/aromatic N) is 1. The molecule has 31 heavy (non-hydrogen) atoms. The highest BCUT2D eigenvalue weighted by atomic mass is 16.5. The predicted octanol–water partition coefficient (Wildman–Crippen LogP) is 6.15. The molecule has 1 aliphatic heterocycles. The number of rotatable bonds is 7. The fraction of sp³-hybridized carbons (Fsp3) is 0.393. The van der Waals surface area contributed by atoms with Crippen molar-refractivity contribution in [2.45, 2.75) is 59.4 Å². The fourth-order valence-electron chi connectivity index (χ4n) is 4.86. The van der Waals surface area contributed by atoms with Crippen molar-refractivity contribution in [3.8, 4) is 17.0 Å². The van der Waals surface area contributed by atoms with Crippen LogP contribution >= 0.6 is 0 Å². The Hall–Kier alpha value is -2.65. The van der Waals surface area contributed by atoms with Crippen molar-refractivity contribution in [2.75, 3.05) is 13.2 Å². The number of ether oxygens (including phenoxy) is 1. The van der Waals surface area contributed by atoms with Crippen LogP contribution in [0.15, 0.2) is 48.5 Å². The topological polar surface area (TPSA) is 34.1 Å². The number of benzene rings is 2. The summed E-state index contributed by atoms with van der Waals surface area (Å²) in [6.07, 6.45) is 4.06. The molecule has 0 saturated heterocycles. The van der Waals surface area contributed by atoms with Gasteiger partial charge in [-0.1, -0.05) is 50.2 Å². The lowest BCUT2D eigenvalue weighted by molar-refractivity contribution is 0.253. The molecule has 4 rings (SSSR count). The molecule has 1 N–H and O–H groups in total. The van der Waals surface area contributed by atoms with Crippen molar-refractivity contribution in [1.82, 2.24) is 10.3 Å². The zero-order valence-corrected chi connectivity index (χ0v) is 19.3. The Morgan fingerprint density at radius 3 is 2.45 bits per heavy atom. The highest BCUT2D eigenvalue weighted by Crippen LogP contribution is 2.32. The minimum Gasteiger partial charge on any atom is -0.493 e. The smallest absolute Gasteiger partial charge is 0.124 e. The summed E-state index contributed by atoms with van der Waals surface area (Å²) in [6, 6.07) is 17.7. The molecule has 3 aromatic rings. The Kier molecular flexibility index (Phi) is 6.72. The molecule has 3 nitrogen and oxygen atoms in total. The molecular weight excluding hydrogens is 380 g/mol. The zero-order chi connectivity index (χ0) is 21.8. The van der Waals surface area contributed by atoms with Crippen LogP contribution in [0.1, 0.15) is 59.8 Å². The Morgan fingerprint density at radius 2 is 1.74 bits per heavy atom. The molecule has 0 spiro atoms. The van der Waals surface area contributed by atoms with E-state index in [1.54, 1.807) is 0 Å². The molecule has 1 atom stereocenters. The first-order valence-electron chi connectivity index (χ1n) is 11.7. The molecular formula is C28H34N2O. The second kappa shape index (κ2) is 9.65. The van der Waals surface area contributed by atoms with Crippen molar-refractivity contribution in [3.63, 3.8) is 0 Å². The molecule has 2 heterocycles. The Bertz CT molecular complexity index is 1010. The molecule has 0 saturated carbocycles. The van der Waals surface area contributed by atoms with Crippen molar-refractivity contribution < 1.29 is 4.74 Å². The first kappa shape index (κ1) is 21.6. The summed E-state index contributed by atoms with van der Waals surface area (Å²) in [5.41, 5.74) is 10.4. The zero-order valence-electron chi connectivity index (χ0n) is 19.3. The third-order valence-corrected chi connectivity index (χ3v) is 6.53. The van der Waals surface area contributed by atoms with E-state index in [0.717, 1.165) is 56.0 Å². The molecule has 0 radical (unpaired) electrons. The van der Waals surface area contributed by atoms with Crippen LogP contribution in [-0.2, 0) is 19.3 Å². The Morgan fingerprint density at radius 1 is 1.00 bits per heavy atom. The molecule has 0 fully saturated rings. The van der Waals surface area contributed by atoms with Crippen LogP contribution in [0.25, 0.3) is 11.3 Å². The maximum Gasteiger partial charge on any atom is 0.124 e. The number of fused-ring (bicyclic) bond motifs is 1. The summed E-state index contributed by atoms with van der Waals surface area (Å²) in [4.78, 5) is 5.08. The highest BCUT2D eigenvalue weighted by Gasteiger charge is 2.20. The Balaban J connectivity index is 1.52. The SMILES string of the molecule is CCc1cccc(CC)c1-c1cc(C)c(CCNC2CCOc3ccccc32)c(C)n1. The number of hydrogen-bond donors (Lipinski definition) is 1. The van der Waals surface area contributed by atoms with E-state index in [9.17, 15) is 0 Å². The van der Waals surface area contributed by atoms with Gasteiger partial charge in [0.15, 0.2) is 0 Å². The first-order valence-corrected chi connectivity index (χ1v) is 11.7. The fourth-order valence-corrected chi connectivity index (χ4v) is 4.86. The number of hydrogen-bond acceptors (Lipinski definition) is 3. The van der Waals surface area contributed by atoms with Gasteiger partial charge in [0.2, 0.25) is 0 Å². The first-order chi connectivity index (χ1) is 15.1. The van der Waals surface area contributed by atoms with Gasteiger partial charge in [-0.05, 0) is 74.0 Å². The monoisotopic (exact) mass is 414 g/mol. The summed E-state index contributed by atoms with van der Waals surface area (Å²) in [5, 5.41) is 3.76. The number of nitrogens with one attached hydrogen (secondary N) is 1. The van der Waals surface area contributed by atoms with Gasteiger partial charge in [0, 0.05) is 29.3 Å². The molecule has 0 aliphatic carbocycles. The normalized spacial score (nSPS) is 15.4. The minimum absolute atomic E-state index is 0.362. The van der Waals surface area contributed by atoms with Crippen LogP contribution in [-0.4, -0.2) is 18.1 Å². The second-order valence-corrected chi connectivity index (χ2v) is 8.48. The summed E-state index contributed by atoms with van der Waals surface area (Å²) >= 11 is 0. The van der Waals surface area contributed by atoms with Crippen LogP contribution < -0.4 is 10.1 Å². The third-order valence-electron chi connectivity index (χ3n) is 6.53. The van der Waals surface area contributed by atoms with Crippen LogP contribution in [0.5, 0.6) is 5.75 Å². The van der Waals surface area contributed by atoms with Crippen molar-refractivity contribution >= 4 is 0 Å². The van der Waals surface area contributed by atoms with E-state index in [1.165, 1.54) is 33.4 Å². The van der Waals surface area contributed by atoms with Gasteiger partial charge < -0.3 is 10.1 Å². The minimum atomic E-state index is 0.362. The van der Waals surface area contributed by atoms with E-state index in [-0.39, 0.29) is 0 Å². The van der Waals surface area contributed by atoms with Crippen molar-refractivity contribution in [3.05, 3.63) is 82.0 Å². The number of pyridine rings is 1. The largest absolute Gasteiger partial charge is 0.493 e. The maximum absolute atomic E-state index is 5.80. The standard InChI is InChI=1S/C28H34N2O/c1-5-21-10-9-11-22(6-2)28(21)26-18-19(3)23(20(4)30-26)14-16-29-25-15-17-31-27-13-8-7-12-24(25)27/h7-13,18,25,29H,5-6,14-17H2,1-4H3. The van der Waals surface area contributed by atoms with Gasteiger partial charge >= 0.3 is 0 Å². The van der Waals surface area contributed by atoms with Crippen LogP contribution in [0.3, 0.4) is 0 Å². The predicted molar refractivity (Wildman–Crippen MR) is 129 cm³/mol. The molecule has 0 bridgehead atoms. The van der Waals surface area contributed by atoms with E-state index < -0.39 is 0 Å². The van der Waals surface area contributed by atoms with Crippen LogP contribution in [0, 0.1) is 13.8 Å². The lowest BCUT2D eigenvalue weighted by Crippen LogP contribution is -2.29. The molecule has 0 amide bonds. The highest BCUT2D eigenvalue weighted by molar-refractivity contribution is 5.69. The quantitative estimate of drug-likeness (QED) is 0.504. The van der Waals surface area contributed by atoms with Crippen molar-refractivity contribution in [2.24, 2.45) is 0 Å². The third kappa shape index (κ3) is 4.52. The average Bonchev–Trinajstić information content (AvgIpc) is 2.80. The van der Waals surface area contributed by atoms with Gasteiger partial charge in [-0.15, -0.1) is 0 Å². The molecule has 162 valence electrons. The van der Waals surface area contributed by atoms with Gasteiger partial charge in [-0.3, -0.25) is 4.98 Å². The van der Waals surface area contributed by atoms with E-state index in [0.29, 0.717) is 6.04 Å². The van der Waals surface area contributed by atoms with Gasteiger partial charge in [0.05, 0.1) is 12.3 Å². The number of para-hydroxylation sites is 1. The van der Waals surface area contributed by atoms with E-state index in [4.69, 9.17) is 9.72 Å².